The van der Waals surface area contributed by atoms with Crippen molar-refractivity contribution in [2.24, 2.45) is 0 Å². The first kappa shape index (κ1) is 19.1. The van der Waals surface area contributed by atoms with Gasteiger partial charge >= 0.3 is 0 Å². The second-order valence-electron chi connectivity index (χ2n) is 5.78. The van der Waals surface area contributed by atoms with Crippen LogP contribution in [0.1, 0.15) is 10.7 Å². The van der Waals surface area contributed by atoms with Crippen LogP contribution in [0, 0.1) is 0 Å². The van der Waals surface area contributed by atoms with Gasteiger partial charge in [-0.05, 0) is 36.4 Å². The largest absolute Gasteiger partial charge is 0.486 e. The molecule has 0 N–H and O–H groups in total. The predicted molar refractivity (Wildman–Crippen MR) is 111 cm³/mol. The minimum Gasteiger partial charge on any atom is -0.486 e. The Bertz CT molecular complexity index is 894. The van der Waals surface area contributed by atoms with Crippen molar-refractivity contribution in [3.05, 3.63) is 88.4 Å². The molecule has 0 aliphatic heterocycles. The van der Waals surface area contributed by atoms with Crippen molar-refractivity contribution in [2.45, 2.75) is 13.0 Å². The SMILES string of the molecule is C=CCN(C(=O)Cc1csc(COc2ccc(Cl)cc2)n1)c1ccccc1. The molecule has 0 radical (unpaired) electrons. The monoisotopic (exact) mass is 398 g/mol. The van der Waals surface area contributed by atoms with Gasteiger partial charge in [0, 0.05) is 22.6 Å². The second-order valence-corrected chi connectivity index (χ2v) is 7.16. The Kier molecular flexibility index (Phi) is 6.63. The van der Waals surface area contributed by atoms with Gasteiger partial charge < -0.3 is 9.64 Å². The summed E-state index contributed by atoms with van der Waals surface area (Å²) in [5.41, 5.74) is 1.59. The van der Waals surface area contributed by atoms with E-state index in [4.69, 9.17) is 16.3 Å². The summed E-state index contributed by atoms with van der Waals surface area (Å²) in [5.74, 6) is 0.713. The molecule has 0 saturated heterocycles. The first-order valence-electron chi connectivity index (χ1n) is 8.43. The maximum atomic E-state index is 12.7. The third kappa shape index (κ3) is 5.42. The average Bonchev–Trinajstić information content (AvgIpc) is 3.13. The number of hydrogen-bond donors (Lipinski definition) is 0. The van der Waals surface area contributed by atoms with Gasteiger partial charge in [-0.1, -0.05) is 35.9 Å². The van der Waals surface area contributed by atoms with E-state index in [2.05, 4.69) is 11.6 Å². The number of carbonyl (C=O) groups is 1. The number of benzene rings is 2. The molecule has 0 saturated carbocycles. The number of carbonyl (C=O) groups excluding carboxylic acids is 1. The molecule has 3 aromatic rings. The molecule has 27 heavy (non-hydrogen) atoms. The molecule has 0 atom stereocenters. The number of amides is 1. The maximum Gasteiger partial charge on any atom is 0.233 e. The van der Waals surface area contributed by atoms with Gasteiger partial charge in [0.1, 0.15) is 17.4 Å². The normalized spacial score (nSPS) is 10.4. The van der Waals surface area contributed by atoms with Crippen molar-refractivity contribution in [3.63, 3.8) is 0 Å². The van der Waals surface area contributed by atoms with E-state index in [0.717, 1.165) is 22.1 Å². The molecule has 1 aromatic heterocycles. The number of thiazole rings is 1. The molecule has 0 spiro atoms. The highest BCUT2D eigenvalue weighted by molar-refractivity contribution is 7.09. The van der Waals surface area contributed by atoms with Crippen LogP contribution in [-0.4, -0.2) is 17.4 Å². The summed E-state index contributed by atoms with van der Waals surface area (Å²) in [5, 5.41) is 3.39. The van der Waals surface area contributed by atoms with E-state index in [0.29, 0.717) is 18.2 Å². The van der Waals surface area contributed by atoms with E-state index in [1.165, 1.54) is 11.3 Å². The van der Waals surface area contributed by atoms with Crippen molar-refractivity contribution in [3.8, 4) is 5.75 Å². The summed E-state index contributed by atoms with van der Waals surface area (Å²) in [7, 11) is 0. The lowest BCUT2D eigenvalue weighted by Gasteiger charge is -2.20. The number of rotatable bonds is 8. The molecule has 0 bridgehead atoms. The Morgan fingerprint density at radius 2 is 1.93 bits per heavy atom. The van der Waals surface area contributed by atoms with Gasteiger partial charge in [-0.3, -0.25) is 4.79 Å². The highest BCUT2D eigenvalue weighted by atomic mass is 35.5. The molecule has 6 heteroatoms. The quantitative estimate of drug-likeness (QED) is 0.493. The maximum absolute atomic E-state index is 12.7. The first-order valence-corrected chi connectivity index (χ1v) is 9.69. The molecule has 0 fully saturated rings. The molecule has 138 valence electrons. The van der Waals surface area contributed by atoms with E-state index < -0.39 is 0 Å². The van der Waals surface area contributed by atoms with E-state index in [-0.39, 0.29) is 12.3 Å². The van der Waals surface area contributed by atoms with Gasteiger partial charge in [0.15, 0.2) is 0 Å². The minimum atomic E-state index is -0.0171. The standard InChI is InChI=1S/C21H19ClN2O2S/c1-2-12-24(18-6-4-3-5-7-18)21(25)13-17-15-27-20(23-17)14-26-19-10-8-16(22)9-11-19/h2-11,15H,1,12-14H2. The average molecular weight is 399 g/mol. The fraction of sp³-hybridized carbons (Fsp3) is 0.143. The zero-order valence-electron chi connectivity index (χ0n) is 14.7. The zero-order chi connectivity index (χ0) is 19.1. The number of nitrogens with zero attached hydrogens (tertiary/aromatic N) is 2. The molecule has 0 unspecified atom stereocenters. The fourth-order valence-electron chi connectivity index (χ4n) is 2.51. The van der Waals surface area contributed by atoms with Crippen molar-refractivity contribution in [2.75, 3.05) is 11.4 Å². The van der Waals surface area contributed by atoms with Crippen LogP contribution in [0.25, 0.3) is 0 Å². The summed E-state index contributed by atoms with van der Waals surface area (Å²) in [6.07, 6.45) is 1.96. The molecule has 4 nitrogen and oxygen atoms in total. The number of para-hydroxylation sites is 1. The smallest absolute Gasteiger partial charge is 0.233 e. The molecule has 0 aliphatic rings. The summed E-state index contributed by atoms with van der Waals surface area (Å²) in [6.45, 7) is 4.56. The highest BCUT2D eigenvalue weighted by Gasteiger charge is 2.16. The Labute approximate surface area is 167 Å². The molecule has 1 amide bonds. The Balaban J connectivity index is 1.61. The Morgan fingerprint density at radius 1 is 1.19 bits per heavy atom. The Morgan fingerprint density at radius 3 is 2.63 bits per heavy atom. The van der Waals surface area contributed by atoms with Gasteiger partial charge in [0.05, 0.1) is 12.1 Å². The van der Waals surface area contributed by atoms with Crippen LogP contribution in [0.5, 0.6) is 5.75 Å². The van der Waals surface area contributed by atoms with Crippen molar-refractivity contribution < 1.29 is 9.53 Å². The predicted octanol–water partition coefficient (Wildman–Crippen LogP) is 5.14. The van der Waals surface area contributed by atoms with Crippen LogP contribution in [-0.2, 0) is 17.8 Å². The fourth-order valence-corrected chi connectivity index (χ4v) is 3.34. The van der Waals surface area contributed by atoms with Crippen LogP contribution in [0.2, 0.25) is 5.02 Å². The summed E-state index contributed by atoms with van der Waals surface area (Å²) < 4.78 is 5.70. The second kappa shape index (κ2) is 9.35. The van der Waals surface area contributed by atoms with Crippen LogP contribution in [0.4, 0.5) is 5.69 Å². The van der Waals surface area contributed by atoms with E-state index in [1.807, 2.05) is 47.8 Å². The van der Waals surface area contributed by atoms with Crippen molar-refractivity contribution >= 4 is 34.5 Å². The van der Waals surface area contributed by atoms with Crippen LogP contribution >= 0.6 is 22.9 Å². The minimum absolute atomic E-state index is 0.0171. The third-order valence-electron chi connectivity index (χ3n) is 3.79. The summed E-state index contributed by atoms with van der Waals surface area (Å²) in [4.78, 5) is 18.9. The molecular weight excluding hydrogens is 380 g/mol. The lowest BCUT2D eigenvalue weighted by atomic mass is 10.2. The van der Waals surface area contributed by atoms with Gasteiger partial charge in [-0.15, -0.1) is 17.9 Å². The number of anilines is 1. The van der Waals surface area contributed by atoms with Crippen LogP contribution in [0.3, 0.4) is 0 Å². The van der Waals surface area contributed by atoms with Gasteiger partial charge in [-0.25, -0.2) is 4.98 Å². The Hall–Kier alpha value is -2.63. The van der Waals surface area contributed by atoms with E-state index in [9.17, 15) is 4.79 Å². The number of ether oxygens (including phenoxy) is 1. The number of aromatic nitrogens is 1. The van der Waals surface area contributed by atoms with Crippen molar-refractivity contribution in [1.82, 2.24) is 4.98 Å². The third-order valence-corrected chi connectivity index (χ3v) is 4.91. The molecule has 3 rings (SSSR count). The van der Waals surface area contributed by atoms with Gasteiger partial charge in [0.2, 0.25) is 5.91 Å². The molecular formula is C21H19ClN2O2S. The van der Waals surface area contributed by atoms with Crippen molar-refractivity contribution in [1.29, 1.82) is 0 Å². The topological polar surface area (TPSA) is 42.4 Å². The van der Waals surface area contributed by atoms with E-state index >= 15 is 0 Å². The van der Waals surface area contributed by atoms with Crippen LogP contribution in [0.15, 0.2) is 72.6 Å². The number of hydrogen-bond acceptors (Lipinski definition) is 4. The summed E-state index contributed by atoms with van der Waals surface area (Å²) in [6, 6.07) is 16.7. The van der Waals surface area contributed by atoms with E-state index in [1.54, 1.807) is 23.1 Å². The van der Waals surface area contributed by atoms with Gasteiger partial charge in [-0.2, -0.15) is 0 Å². The van der Waals surface area contributed by atoms with Crippen LogP contribution < -0.4 is 9.64 Å². The van der Waals surface area contributed by atoms with Gasteiger partial charge in [0.25, 0.3) is 0 Å². The number of halogens is 1. The molecule has 1 heterocycles. The zero-order valence-corrected chi connectivity index (χ0v) is 16.2. The molecule has 0 aliphatic carbocycles. The highest BCUT2D eigenvalue weighted by Crippen LogP contribution is 2.19. The molecule has 2 aromatic carbocycles. The lowest BCUT2D eigenvalue weighted by Crippen LogP contribution is -2.32. The first-order chi connectivity index (χ1) is 13.2. The lowest BCUT2D eigenvalue weighted by molar-refractivity contribution is -0.117. The summed E-state index contributed by atoms with van der Waals surface area (Å²) >= 11 is 7.35.